The smallest absolute Gasteiger partial charge is 0.299 e. The molecule has 1 aliphatic heterocycles. The van der Waals surface area contributed by atoms with E-state index < -0.39 is 46.9 Å². The van der Waals surface area contributed by atoms with Gasteiger partial charge in [-0.05, 0) is 62.2 Å². The lowest BCUT2D eigenvalue weighted by atomic mass is 9.97. The number of nitrogens with one attached hydrogen (secondary N) is 1. The SMILES string of the molecule is CC1(C)OC(=N[C@@H](CCO[Si](C)(C)C(C)(C)C)c2cccc(F)c2F)NS(=O)(=O)C1c1ccc(Br)cc1. The van der Waals surface area contributed by atoms with Gasteiger partial charge in [0.05, 0.1) is 6.04 Å². The molecule has 1 heterocycles. The maximum absolute atomic E-state index is 14.8. The largest absolute Gasteiger partial charge is 0.457 e. The van der Waals surface area contributed by atoms with Crippen LogP contribution in [0.2, 0.25) is 18.1 Å². The van der Waals surface area contributed by atoms with Gasteiger partial charge in [-0.1, -0.05) is 61.0 Å². The van der Waals surface area contributed by atoms with Gasteiger partial charge < -0.3 is 9.16 Å². The minimum atomic E-state index is -3.97. The van der Waals surface area contributed by atoms with Crippen LogP contribution in [0.1, 0.15) is 63.5 Å². The molecule has 0 amide bonds. The number of ether oxygens (including phenoxy) is 1. The number of benzene rings is 2. The lowest BCUT2D eigenvalue weighted by Crippen LogP contribution is -2.53. The summed E-state index contributed by atoms with van der Waals surface area (Å²) in [5, 5.41) is -1.05. The van der Waals surface area contributed by atoms with Gasteiger partial charge in [-0.25, -0.2) is 26.9 Å². The zero-order chi connectivity index (χ0) is 27.8. The van der Waals surface area contributed by atoms with Crippen LogP contribution in [0, 0.1) is 11.6 Å². The van der Waals surface area contributed by atoms with Crippen molar-refractivity contribution in [3.8, 4) is 0 Å². The molecule has 0 bridgehead atoms. The second kappa shape index (κ2) is 10.7. The van der Waals surface area contributed by atoms with Crippen LogP contribution < -0.4 is 4.72 Å². The van der Waals surface area contributed by atoms with E-state index in [0.29, 0.717) is 5.56 Å². The first kappa shape index (κ1) is 29.7. The number of hydrogen-bond acceptors (Lipinski definition) is 5. The van der Waals surface area contributed by atoms with Crippen molar-refractivity contribution in [2.24, 2.45) is 4.99 Å². The van der Waals surface area contributed by atoms with Gasteiger partial charge in [-0.2, -0.15) is 0 Å². The molecule has 1 aliphatic rings. The van der Waals surface area contributed by atoms with Crippen LogP contribution in [-0.4, -0.2) is 35.0 Å². The van der Waals surface area contributed by atoms with E-state index in [0.717, 1.165) is 10.5 Å². The molecule has 6 nitrogen and oxygen atoms in total. The normalized spacial score (nSPS) is 21.2. The maximum Gasteiger partial charge on any atom is 0.299 e. The Kier molecular flexibility index (Phi) is 8.63. The van der Waals surface area contributed by atoms with Crippen LogP contribution >= 0.6 is 15.9 Å². The monoisotopic (exact) mass is 616 g/mol. The Hall–Kier alpha value is -1.82. The summed E-state index contributed by atoms with van der Waals surface area (Å²) in [5.41, 5.74) is -0.642. The first-order valence-electron chi connectivity index (χ1n) is 12.1. The summed E-state index contributed by atoms with van der Waals surface area (Å²) in [6.45, 7) is 14.1. The lowest BCUT2D eigenvalue weighted by molar-refractivity contribution is 0.0758. The Bertz CT molecular complexity index is 1260. The maximum atomic E-state index is 14.8. The number of hydrogen-bond donors (Lipinski definition) is 1. The van der Waals surface area contributed by atoms with Crippen molar-refractivity contribution in [2.75, 3.05) is 6.61 Å². The fraction of sp³-hybridized carbons (Fsp3) is 0.500. The van der Waals surface area contributed by atoms with E-state index in [4.69, 9.17) is 9.16 Å². The van der Waals surface area contributed by atoms with Crippen molar-refractivity contribution < 1.29 is 26.4 Å². The molecule has 204 valence electrons. The molecule has 0 spiro atoms. The Morgan fingerprint density at radius 3 is 2.35 bits per heavy atom. The summed E-state index contributed by atoms with van der Waals surface area (Å²) in [6.07, 6.45) is 0.206. The molecule has 11 heteroatoms. The van der Waals surface area contributed by atoms with E-state index >= 15 is 0 Å². The standard InChI is InChI=1S/C26H35BrF2N2O4SSi/c1-25(2,3)37(6,7)34-16-15-21(19-9-8-10-20(28)22(19)29)30-24-31-36(32,33)23(26(4,5)35-24)17-11-13-18(27)14-12-17/h8-14,21,23H,15-16H2,1-7H3,(H,30,31)/t21-,23?/m0/s1. The van der Waals surface area contributed by atoms with Crippen LogP contribution in [0.25, 0.3) is 0 Å². The molecule has 2 aromatic carbocycles. The number of sulfonamides is 1. The van der Waals surface area contributed by atoms with E-state index in [-0.39, 0.29) is 29.7 Å². The van der Waals surface area contributed by atoms with Gasteiger partial charge >= 0.3 is 0 Å². The fourth-order valence-electron chi connectivity index (χ4n) is 4.00. The topological polar surface area (TPSA) is 77.0 Å². The summed E-state index contributed by atoms with van der Waals surface area (Å²) in [5.74, 6) is -2.04. The van der Waals surface area contributed by atoms with Crippen LogP contribution in [0.15, 0.2) is 51.9 Å². The van der Waals surface area contributed by atoms with Gasteiger partial charge in [0, 0.05) is 16.6 Å². The lowest BCUT2D eigenvalue weighted by Gasteiger charge is -2.39. The van der Waals surface area contributed by atoms with E-state index in [9.17, 15) is 17.2 Å². The summed E-state index contributed by atoms with van der Waals surface area (Å²) >= 11 is 3.36. The Morgan fingerprint density at radius 1 is 1.16 bits per heavy atom. The van der Waals surface area contributed by atoms with E-state index in [1.54, 1.807) is 38.1 Å². The molecule has 0 aromatic heterocycles. The number of halogens is 3. The van der Waals surface area contributed by atoms with Gasteiger partial charge in [-0.3, -0.25) is 0 Å². The molecule has 0 saturated carbocycles. The second-order valence-electron chi connectivity index (χ2n) is 11.3. The highest BCUT2D eigenvalue weighted by Crippen LogP contribution is 2.40. The summed E-state index contributed by atoms with van der Waals surface area (Å²) in [7, 11) is -6.08. The molecule has 37 heavy (non-hydrogen) atoms. The number of nitrogens with zero attached hydrogens (tertiary/aromatic N) is 1. The second-order valence-corrected chi connectivity index (χ2v) is 18.8. The van der Waals surface area contributed by atoms with Crippen molar-refractivity contribution in [2.45, 2.75) is 76.1 Å². The average Bonchev–Trinajstić information content (AvgIpc) is 2.74. The van der Waals surface area contributed by atoms with Crippen molar-refractivity contribution in [3.05, 3.63) is 69.7 Å². The molecular weight excluding hydrogens is 582 g/mol. The number of aliphatic imine (C=N–C) groups is 1. The Labute approximate surface area is 228 Å². The van der Waals surface area contributed by atoms with Crippen LogP contribution in [-0.2, 0) is 19.2 Å². The van der Waals surface area contributed by atoms with Gasteiger partial charge in [0.1, 0.15) is 10.9 Å². The molecule has 2 atom stereocenters. The third kappa shape index (κ3) is 6.79. The molecule has 1 saturated heterocycles. The Morgan fingerprint density at radius 2 is 1.78 bits per heavy atom. The summed E-state index contributed by atoms with van der Waals surface area (Å²) in [4.78, 5) is 4.45. The van der Waals surface area contributed by atoms with Gasteiger partial charge in [0.2, 0.25) is 10.0 Å². The van der Waals surface area contributed by atoms with Crippen molar-refractivity contribution in [3.63, 3.8) is 0 Å². The van der Waals surface area contributed by atoms with Crippen molar-refractivity contribution >= 4 is 40.3 Å². The highest BCUT2D eigenvalue weighted by Gasteiger charge is 2.48. The van der Waals surface area contributed by atoms with Gasteiger partial charge in [0.15, 0.2) is 20.0 Å². The summed E-state index contributed by atoms with van der Waals surface area (Å²) in [6, 6.07) is 9.61. The molecule has 1 N–H and O–H groups in total. The van der Waals surface area contributed by atoms with Crippen LogP contribution in [0.5, 0.6) is 0 Å². The fourth-order valence-corrected chi connectivity index (χ4v) is 7.09. The minimum Gasteiger partial charge on any atom is -0.457 e. The predicted octanol–water partition coefficient (Wildman–Crippen LogP) is 7.01. The zero-order valence-electron chi connectivity index (χ0n) is 22.2. The Balaban J connectivity index is 1.95. The highest BCUT2D eigenvalue weighted by molar-refractivity contribution is 9.10. The third-order valence-electron chi connectivity index (χ3n) is 6.98. The first-order valence-corrected chi connectivity index (χ1v) is 17.3. The number of amidine groups is 1. The quantitative estimate of drug-likeness (QED) is 0.340. The van der Waals surface area contributed by atoms with E-state index in [1.165, 1.54) is 12.1 Å². The van der Waals surface area contributed by atoms with Gasteiger partial charge in [0.25, 0.3) is 6.02 Å². The molecule has 0 radical (unpaired) electrons. The van der Waals surface area contributed by atoms with Crippen LogP contribution in [0.4, 0.5) is 8.78 Å². The average molecular weight is 618 g/mol. The molecule has 1 fully saturated rings. The summed E-state index contributed by atoms with van der Waals surface area (Å²) < 4.78 is 71.1. The van der Waals surface area contributed by atoms with Gasteiger partial charge in [-0.15, -0.1) is 0 Å². The number of rotatable bonds is 7. The van der Waals surface area contributed by atoms with Crippen molar-refractivity contribution in [1.29, 1.82) is 0 Å². The first-order chi connectivity index (χ1) is 16.9. The molecule has 1 unspecified atom stereocenters. The zero-order valence-corrected chi connectivity index (χ0v) is 25.6. The van der Waals surface area contributed by atoms with Crippen LogP contribution in [0.3, 0.4) is 0 Å². The highest BCUT2D eigenvalue weighted by atomic mass is 79.9. The molecule has 2 aromatic rings. The van der Waals surface area contributed by atoms with E-state index in [1.807, 2.05) is 0 Å². The predicted molar refractivity (Wildman–Crippen MR) is 148 cm³/mol. The molecular formula is C26H35BrF2N2O4SSi. The molecule has 0 aliphatic carbocycles. The minimum absolute atomic E-state index is 0.00182. The van der Waals surface area contributed by atoms with Crippen molar-refractivity contribution in [1.82, 2.24) is 4.72 Å². The van der Waals surface area contributed by atoms with E-state index in [2.05, 4.69) is 59.5 Å². The third-order valence-corrected chi connectivity index (χ3v) is 14.0. The molecule has 3 rings (SSSR count).